The maximum atomic E-state index is 12.6. The molecule has 0 atom stereocenters. The lowest BCUT2D eigenvalue weighted by Gasteiger charge is -2.25. The summed E-state index contributed by atoms with van der Waals surface area (Å²) in [5.74, 6) is 1.95. The number of carbonyl (C=O) groups excluding carboxylic acids is 1. The zero-order chi connectivity index (χ0) is 19.5. The number of phenols is 1. The molecule has 3 heterocycles. The number of hydrogen-bond acceptors (Lipinski definition) is 6. The highest BCUT2D eigenvalue weighted by Gasteiger charge is 2.25. The predicted octanol–water partition coefficient (Wildman–Crippen LogP) is 2.97. The molecule has 0 bridgehead atoms. The number of hydrogen-bond donors (Lipinski definition) is 1. The van der Waals surface area contributed by atoms with Crippen molar-refractivity contribution in [3.05, 3.63) is 59.7 Å². The number of rotatable bonds is 5. The van der Waals surface area contributed by atoms with Gasteiger partial charge in [-0.05, 0) is 36.2 Å². The van der Waals surface area contributed by atoms with Crippen LogP contribution in [0.3, 0.4) is 0 Å². The summed E-state index contributed by atoms with van der Waals surface area (Å²) >= 11 is 0. The molecular weight excluding hydrogens is 358 g/mol. The number of benzene rings is 1. The van der Waals surface area contributed by atoms with Gasteiger partial charge >= 0.3 is 0 Å². The minimum atomic E-state index is 0.0619. The number of fused-ring (bicyclic) bond motifs is 1. The van der Waals surface area contributed by atoms with Gasteiger partial charge in [0.2, 0.25) is 11.8 Å². The van der Waals surface area contributed by atoms with Crippen LogP contribution in [0.4, 0.5) is 0 Å². The number of amides is 1. The monoisotopic (exact) mass is 379 g/mol. The van der Waals surface area contributed by atoms with E-state index in [0.29, 0.717) is 44.0 Å². The highest BCUT2D eigenvalue weighted by Crippen LogP contribution is 2.28. The Morgan fingerprint density at radius 3 is 3.00 bits per heavy atom. The summed E-state index contributed by atoms with van der Waals surface area (Å²) < 4.78 is 10.9. The fraction of sp³-hybridized carbons (Fsp3) is 0.286. The van der Waals surface area contributed by atoms with Gasteiger partial charge in [0.15, 0.2) is 11.5 Å². The van der Waals surface area contributed by atoms with Crippen molar-refractivity contribution in [2.24, 2.45) is 0 Å². The molecule has 0 unspecified atom stereocenters. The minimum Gasteiger partial charge on any atom is -0.504 e. The maximum absolute atomic E-state index is 12.6. The van der Waals surface area contributed by atoms with Crippen molar-refractivity contribution < 1.29 is 19.1 Å². The van der Waals surface area contributed by atoms with Crippen LogP contribution in [-0.2, 0) is 24.2 Å². The predicted molar refractivity (Wildman–Crippen MR) is 102 cm³/mol. The van der Waals surface area contributed by atoms with Crippen molar-refractivity contribution in [3.8, 4) is 23.0 Å². The molecule has 28 heavy (non-hydrogen) atoms. The van der Waals surface area contributed by atoms with Crippen LogP contribution in [0.5, 0.6) is 11.5 Å². The van der Waals surface area contributed by atoms with Gasteiger partial charge in [-0.3, -0.25) is 9.78 Å². The smallest absolute Gasteiger partial charge is 0.228 e. The van der Waals surface area contributed by atoms with Crippen molar-refractivity contribution in [2.75, 3.05) is 13.7 Å². The number of pyridine rings is 1. The Balaban J connectivity index is 1.39. The second-order valence-corrected chi connectivity index (χ2v) is 6.70. The van der Waals surface area contributed by atoms with Crippen molar-refractivity contribution in [2.45, 2.75) is 25.8 Å². The first kappa shape index (κ1) is 18.0. The number of aromatic hydroxyl groups is 1. The summed E-state index contributed by atoms with van der Waals surface area (Å²) in [5.41, 5.74) is 2.53. The summed E-state index contributed by atoms with van der Waals surface area (Å²) in [5, 5.41) is 9.87. The third-order valence-corrected chi connectivity index (χ3v) is 4.86. The highest BCUT2D eigenvalue weighted by molar-refractivity contribution is 5.76. The first-order chi connectivity index (χ1) is 13.6. The van der Waals surface area contributed by atoms with E-state index in [1.807, 2.05) is 18.2 Å². The first-order valence-electron chi connectivity index (χ1n) is 9.16. The Hall–Kier alpha value is -3.35. The van der Waals surface area contributed by atoms with Crippen LogP contribution in [-0.4, -0.2) is 39.5 Å². The molecule has 1 aromatic carbocycles. The number of aromatic nitrogens is 2. The quantitative estimate of drug-likeness (QED) is 0.733. The van der Waals surface area contributed by atoms with E-state index >= 15 is 0 Å². The molecule has 1 amide bonds. The van der Waals surface area contributed by atoms with Crippen molar-refractivity contribution >= 4 is 5.91 Å². The minimum absolute atomic E-state index is 0.0619. The van der Waals surface area contributed by atoms with E-state index in [4.69, 9.17) is 9.15 Å². The fourth-order valence-corrected chi connectivity index (χ4v) is 3.32. The van der Waals surface area contributed by atoms with Gasteiger partial charge in [0, 0.05) is 31.8 Å². The molecule has 1 aliphatic rings. The molecule has 0 fully saturated rings. The third-order valence-electron chi connectivity index (χ3n) is 4.86. The summed E-state index contributed by atoms with van der Waals surface area (Å²) in [6.45, 7) is 1.06. The number of nitrogens with zero attached hydrogens (tertiary/aromatic N) is 3. The average molecular weight is 379 g/mol. The summed E-state index contributed by atoms with van der Waals surface area (Å²) in [4.78, 5) is 23.1. The molecule has 0 saturated carbocycles. The molecule has 0 saturated heterocycles. The Bertz CT molecular complexity index is 985. The molecule has 7 nitrogen and oxygen atoms in total. The lowest BCUT2D eigenvalue weighted by atomic mass is 10.1. The lowest BCUT2D eigenvalue weighted by Crippen LogP contribution is -2.35. The largest absolute Gasteiger partial charge is 0.504 e. The van der Waals surface area contributed by atoms with Gasteiger partial charge in [-0.1, -0.05) is 6.07 Å². The molecule has 0 radical (unpaired) electrons. The van der Waals surface area contributed by atoms with E-state index in [-0.39, 0.29) is 11.7 Å². The van der Waals surface area contributed by atoms with Crippen LogP contribution in [0.25, 0.3) is 11.5 Å². The van der Waals surface area contributed by atoms with E-state index in [0.717, 1.165) is 22.6 Å². The standard InChI is InChI=1S/C21H21N3O4/c1-27-19-6-4-14(11-17(19)25)5-7-20(26)24-10-8-18-16(13-24)23-21(28-18)15-3-2-9-22-12-15/h2-4,6,9,11-12,25H,5,7-8,10,13H2,1H3. The van der Waals surface area contributed by atoms with Crippen LogP contribution >= 0.6 is 0 Å². The molecule has 7 heteroatoms. The first-order valence-corrected chi connectivity index (χ1v) is 9.16. The van der Waals surface area contributed by atoms with Gasteiger partial charge in [0.05, 0.1) is 19.2 Å². The highest BCUT2D eigenvalue weighted by atomic mass is 16.5. The van der Waals surface area contributed by atoms with E-state index < -0.39 is 0 Å². The van der Waals surface area contributed by atoms with E-state index in [1.54, 1.807) is 29.4 Å². The molecule has 144 valence electrons. The van der Waals surface area contributed by atoms with Crippen molar-refractivity contribution in [3.63, 3.8) is 0 Å². The zero-order valence-corrected chi connectivity index (χ0v) is 15.6. The summed E-state index contributed by atoms with van der Waals surface area (Å²) in [6.07, 6.45) is 4.99. The van der Waals surface area contributed by atoms with Crippen LogP contribution in [0.15, 0.2) is 47.1 Å². The SMILES string of the molecule is COc1ccc(CCC(=O)N2CCc3oc(-c4cccnc4)nc3C2)cc1O. The Morgan fingerprint density at radius 1 is 1.36 bits per heavy atom. The number of phenolic OH excluding ortho intramolecular Hbond substituents is 1. The molecular formula is C21H21N3O4. The van der Waals surface area contributed by atoms with Crippen LogP contribution in [0, 0.1) is 0 Å². The van der Waals surface area contributed by atoms with Gasteiger partial charge in [0.25, 0.3) is 0 Å². The van der Waals surface area contributed by atoms with Gasteiger partial charge < -0.3 is 19.2 Å². The number of oxazole rings is 1. The molecule has 2 aromatic heterocycles. The Labute approximate surface area is 162 Å². The zero-order valence-electron chi connectivity index (χ0n) is 15.6. The van der Waals surface area contributed by atoms with Crippen LogP contribution in [0.2, 0.25) is 0 Å². The molecule has 1 aliphatic heterocycles. The van der Waals surface area contributed by atoms with E-state index in [9.17, 15) is 9.90 Å². The second kappa shape index (κ2) is 7.72. The third kappa shape index (κ3) is 3.69. The number of methoxy groups -OCH3 is 1. The lowest BCUT2D eigenvalue weighted by molar-refractivity contribution is -0.132. The molecule has 0 spiro atoms. The molecule has 4 rings (SSSR count). The normalized spacial score (nSPS) is 13.2. The Kier molecular flexibility index (Phi) is 4.97. The van der Waals surface area contributed by atoms with Crippen molar-refractivity contribution in [1.29, 1.82) is 0 Å². The van der Waals surface area contributed by atoms with E-state index in [1.165, 1.54) is 7.11 Å². The molecule has 1 N–H and O–H groups in total. The van der Waals surface area contributed by atoms with Crippen molar-refractivity contribution in [1.82, 2.24) is 14.9 Å². The summed E-state index contributed by atoms with van der Waals surface area (Å²) in [7, 11) is 1.51. The molecule has 0 aliphatic carbocycles. The number of carbonyl (C=O) groups is 1. The van der Waals surface area contributed by atoms with Crippen LogP contribution in [0.1, 0.15) is 23.4 Å². The fourth-order valence-electron chi connectivity index (χ4n) is 3.32. The average Bonchev–Trinajstić information content (AvgIpc) is 3.16. The number of ether oxygens (including phenoxy) is 1. The summed E-state index contributed by atoms with van der Waals surface area (Å²) in [6, 6.07) is 8.94. The van der Waals surface area contributed by atoms with Gasteiger partial charge in [-0.2, -0.15) is 0 Å². The van der Waals surface area contributed by atoms with Gasteiger partial charge in [-0.15, -0.1) is 0 Å². The van der Waals surface area contributed by atoms with E-state index in [2.05, 4.69) is 9.97 Å². The number of aryl methyl sites for hydroxylation is 1. The topological polar surface area (TPSA) is 88.7 Å². The van der Waals surface area contributed by atoms with Gasteiger partial charge in [0.1, 0.15) is 11.5 Å². The molecule has 3 aromatic rings. The van der Waals surface area contributed by atoms with Crippen LogP contribution < -0.4 is 4.74 Å². The second-order valence-electron chi connectivity index (χ2n) is 6.70. The Morgan fingerprint density at radius 2 is 2.25 bits per heavy atom. The van der Waals surface area contributed by atoms with Gasteiger partial charge in [-0.25, -0.2) is 4.98 Å². The maximum Gasteiger partial charge on any atom is 0.228 e.